The second-order valence-corrected chi connectivity index (χ2v) is 6.08. The molecule has 0 aliphatic rings. The largest absolute Gasteiger partial charge is 0.492 e. The highest BCUT2D eigenvalue weighted by atomic mass is 19.1. The Balaban J connectivity index is 1.41. The molecular formula is C22H23FN4O2. The minimum absolute atomic E-state index is 0.351. The van der Waals surface area contributed by atoms with Gasteiger partial charge in [0.1, 0.15) is 23.9 Å². The SMILES string of the molecule is CN=C(NCCOc1ccccc1)NCc1ccc(Oc2cccc(F)c2)nc1. The maximum absolute atomic E-state index is 13.2. The Morgan fingerprint density at radius 1 is 1.00 bits per heavy atom. The maximum atomic E-state index is 13.2. The average Bonchev–Trinajstić information content (AvgIpc) is 2.75. The summed E-state index contributed by atoms with van der Waals surface area (Å²) in [5.41, 5.74) is 0.958. The molecule has 7 heteroatoms. The van der Waals surface area contributed by atoms with Crippen LogP contribution in [0.5, 0.6) is 17.4 Å². The molecule has 1 heterocycles. The van der Waals surface area contributed by atoms with E-state index in [9.17, 15) is 4.39 Å². The quantitative estimate of drug-likeness (QED) is 0.346. The monoisotopic (exact) mass is 394 g/mol. The number of aliphatic imine (C=N–C) groups is 1. The Kier molecular flexibility index (Phi) is 7.40. The fourth-order valence-corrected chi connectivity index (χ4v) is 2.49. The predicted octanol–water partition coefficient (Wildman–Crippen LogP) is 3.76. The highest BCUT2D eigenvalue weighted by molar-refractivity contribution is 5.79. The van der Waals surface area contributed by atoms with Crippen molar-refractivity contribution in [2.75, 3.05) is 20.2 Å². The molecule has 29 heavy (non-hydrogen) atoms. The molecule has 0 spiro atoms. The number of hydrogen-bond acceptors (Lipinski definition) is 4. The lowest BCUT2D eigenvalue weighted by Crippen LogP contribution is -2.38. The zero-order valence-electron chi connectivity index (χ0n) is 16.1. The lowest BCUT2D eigenvalue weighted by atomic mass is 10.3. The Bertz CT molecular complexity index is 918. The molecule has 0 fully saturated rings. The van der Waals surface area contributed by atoms with Gasteiger partial charge in [-0.1, -0.05) is 30.3 Å². The van der Waals surface area contributed by atoms with Crippen LogP contribution in [0.3, 0.4) is 0 Å². The van der Waals surface area contributed by atoms with Crippen LogP contribution in [0.2, 0.25) is 0 Å². The van der Waals surface area contributed by atoms with Crippen LogP contribution in [0.1, 0.15) is 5.56 Å². The molecule has 1 aromatic heterocycles. The molecule has 0 aliphatic carbocycles. The molecule has 3 aromatic rings. The smallest absolute Gasteiger partial charge is 0.219 e. The summed E-state index contributed by atoms with van der Waals surface area (Å²) in [6, 6.07) is 19.2. The molecule has 0 bridgehead atoms. The first-order chi connectivity index (χ1) is 14.2. The number of guanidine groups is 1. The summed E-state index contributed by atoms with van der Waals surface area (Å²) in [5.74, 6) is 1.97. The summed E-state index contributed by atoms with van der Waals surface area (Å²) in [5, 5.41) is 6.41. The van der Waals surface area contributed by atoms with E-state index in [2.05, 4.69) is 20.6 Å². The van der Waals surface area contributed by atoms with E-state index >= 15 is 0 Å². The Labute approximate surface area is 169 Å². The summed E-state index contributed by atoms with van der Waals surface area (Å²) in [7, 11) is 1.71. The van der Waals surface area contributed by atoms with E-state index in [-0.39, 0.29) is 5.82 Å². The van der Waals surface area contributed by atoms with Crippen molar-refractivity contribution in [3.05, 3.63) is 84.3 Å². The number of nitrogens with zero attached hydrogens (tertiary/aromatic N) is 2. The minimum Gasteiger partial charge on any atom is -0.492 e. The van der Waals surface area contributed by atoms with Crippen LogP contribution in [0.25, 0.3) is 0 Å². The van der Waals surface area contributed by atoms with Crippen LogP contribution in [0, 0.1) is 5.82 Å². The standard InChI is InChI=1S/C22H23FN4O2/c1-24-22(25-12-13-28-19-7-3-2-4-8-19)27-16-17-10-11-21(26-15-17)29-20-9-5-6-18(23)14-20/h2-11,14-15H,12-13,16H2,1H3,(H2,24,25,27). The topological polar surface area (TPSA) is 67.8 Å². The molecule has 0 unspecified atom stereocenters. The number of aromatic nitrogens is 1. The second kappa shape index (κ2) is 10.7. The van der Waals surface area contributed by atoms with Crippen LogP contribution >= 0.6 is 0 Å². The molecule has 3 rings (SSSR count). The summed E-state index contributed by atoms with van der Waals surface area (Å²) in [4.78, 5) is 8.44. The van der Waals surface area contributed by atoms with E-state index in [0.29, 0.717) is 37.3 Å². The van der Waals surface area contributed by atoms with Crippen molar-refractivity contribution in [2.24, 2.45) is 4.99 Å². The van der Waals surface area contributed by atoms with Crippen molar-refractivity contribution < 1.29 is 13.9 Å². The van der Waals surface area contributed by atoms with Gasteiger partial charge in [-0.2, -0.15) is 0 Å². The van der Waals surface area contributed by atoms with Crippen molar-refractivity contribution in [3.63, 3.8) is 0 Å². The second-order valence-electron chi connectivity index (χ2n) is 6.08. The number of hydrogen-bond donors (Lipinski definition) is 2. The molecule has 0 saturated carbocycles. The lowest BCUT2D eigenvalue weighted by molar-refractivity contribution is 0.322. The molecule has 0 saturated heterocycles. The van der Waals surface area contributed by atoms with Gasteiger partial charge in [0, 0.05) is 31.9 Å². The Morgan fingerprint density at radius 2 is 1.83 bits per heavy atom. The molecule has 6 nitrogen and oxygen atoms in total. The van der Waals surface area contributed by atoms with Crippen molar-refractivity contribution in [1.82, 2.24) is 15.6 Å². The van der Waals surface area contributed by atoms with Crippen LogP contribution in [-0.2, 0) is 6.54 Å². The number of pyridine rings is 1. The lowest BCUT2D eigenvalue weighted by Gasteiger charge is -2.12. The summed E-state index contributed by atoms with van der Waals surface area (Å²) < 4.78 is 24.4. The van der Waals surface area contributed by atoms with Crippen molar-refractivity contribution in [3.8, 4) is 17.4 Å². The molecule has 150 valence electrons. The van der Waals surface area contributed by atoms with Gasteiger partial charge in [-0.25, -0.2) is 9.37 Å². The van der Waals surface area contributed by atoms with Gasteiger partial charge in [-0.05, 0) is 29.8 Å². The first-order valence-electron chi connectivity index (χ1n) is 9.23. The van der Waals surface area contributed by atoms with Crippen molar-refractivity contribution in [2.45, 2.75) is 6.54 Å². The summed E-state index contributed by atoms with van der Waals surface area (Å²) in [6.45, 7) is 1.69. The number of rotatable bonds is 8. The van der Waals surface area contributed by atoms with Crippen LogP contribution in [0.15, 0.2) is 77.9 Å². The third-order valence-corrected chi connectivity index (χ3v) is 3.91. The molecule has 2 N–H and O–H groups in total. The Morgan fingerprint density at radius 3 is 2.55 bits per heavy atom. The van der Waals surface area contributed by atoms with Crippen molar-refractivity contribution in [1.29, 1.82) is 0 Å². The molecule has 2 aromatic carbocycles. The van der Waals surface area contributed by atoms with Gasteiger partial charge in [0.25, 0.3) is 0 Å². The van der Waals surface area contributed by atoms with Crippen molar-refractivity contribution >= 4 is 5.96 Å². The van der Waals surface area contributed by atoms with E-state index in [0.717, 1.165) is 11.3 Å². The molecule has 0 aliphatic heterocycles. The zero-order chi connectivity index (χ0) is 20.3. The van der Waals surface area contributed by atoms with Gasteiger partial charge in [0.2, 0.25) is 5.88 Å². The molecule has 0 amide bonds. The van der Waals surface area contributed by atoms with Crippen LogP contribution in [0.4, 0.5) is 4.39 Å². The van der Waals surface area contributed by atoms with Gasteiger partial charge in [0.05, 0.1) is 6.54 Å². The summed E-state index contributed by atoms with van der Waals surface area (Å²) >= 11 is 0. The number of ether oxygens (including phenoxy) is 2. The number of halogens is 1. The van der Waals surface area contributed by atoms with E-state index < -0.39 is 0 Å². The van der Waals surface area contributed by atoms with Gasteiger partial charge in [0.15, 0.2) is 5.96 Å². The van der Waals surface area contributed by atoms with Crippen LogP contribution < -0.4 is 20.1 Å². The number of nitrogens with one attached hydrogen (secondary N) is 2. The fourth-order valence-electron chi connectivity index (χ4n) is 2.49. The first-order valence-corrected chi connectivity index (χ1v) is 9.23. The number of para-hydroxylation sites is 1. The third kappa shape index (κ3) is 6.80. The zero-order valence-corrected chi connectivity index (χ0v) is 16.1. The minimum atomic E-state index is -0.351. The van der Waals surface area contributed by atoms with E-state index in [1.807, 2.05) is 36.4 Å². The van der Waals surface area contributed by atoms with Gasteiger partial charge >= 0.3 is 0 Å². The fraction of sp³-hybridized carbons (Fsp3) is 0.182. The van der Waals surface area contributed by atoms with E-state index in [1.165, 1.54) is 12.1 Å². The highest BCUT2D eigenvalue weighted by Gasteiger charge is 2.02. The van der Waals surface area contributed by atoms with E-state index in [4.69, 9.17) is 9.47 Å². The summed E-state index contributed by atoms with van der Waals surface area (Å²) in [6.07, 6.45) is 1.70. The molecule has 0 atom stereocenters. The molecule has 0 radical (unpaired) electrons. The highest BCUT2D eigenvalue weighted by Crippen LogP contribution is 2.19. The Hall–Kier alpha value is -3.61. The first kappa shape index (κ1) is 20.1. The van der Waals surface area contributed by atoms with Gasteiger partial charge in [-0.15, -0.1) is 0 Å². The number of benzene rings is 2. The van der Waals surface area contributed by atoms with E-state index in [1.54, 1.807) is 31.4 Å². The average molecular weight is 394 g/mol. The normalized spacial score (nSPS) is 11.0. The predicted molar refractivity (Wildman–Crippen MR) is 111 cm³/mol. The van der Waals surface area contributed by atoms with Gasteiger partial charge < -0.3 is 20.1 Å². The third-order valence-electron chi connectivity index (χ3n) is 3.91. The maximum Gasteiger partial charge on any atom is 0.219 e. The molecular weight excluding hydrogens is 371 g/mol. The van der Waals surface area contributed by atoms with Crippen LogP contribution in [-0.4, -0.2) is 31.1 Å². The van der Waals surface area contributed by atoms with Gasteiger partial charge in [-0.3, -0.25) is 4.99 Å².